The Morgan fingerprint density at radius 2 is 1.20 bits per heavy atom. The zero-order valence-electron chi connectivity index (χ0n) is 26.6. The molecule has 2 aromatic carbocycles. The molecule has 45 heavy (non-hydrogen) atoms. The molecule has 0 radical (unpaired) electrons. The maximum absolute atomic E-state index is 12.4. The number of hydrogen-bond acceptors (Lipinski definition) is 10. The van der Waals surface area contributed by atoms with E-state index in [1.54, 1.807) is 63.0 Å². The van der Waals surface area contributed by atoms with E-state index in [0.29, 0.717) is 24.7 Å². The van der Waals surface area contributed by atoms with Gasteiger partial charge in [0, 0.05) is 14.2 Å². The van der Waals surface area contributed by atoms with Gasteiger partial charge in [-0.15, -0.1) is 0 Å². The normalized spacial score (nSPS) is 19.8. The highest BCUT2D eigenvalue weighted by atomic mass is 16.7. The van der Waals surface area contributed by atoms with Gasteiger partial charge in [0.15, 0.2) is 25.8 Å². The van der Waals surface area contributed by atoms with E-state index in [9.17, 15) is 9.59 Å². The average Bonchev–Trinajstić information content (AvgIpc) is 3.62. The van der Waals surface area contributed by atoms with Crippen molar-refractivity contribution in [2.24, 2.45) is 0 Å². The first-order valence-corrected chi connectivity index (χ1v) is 14.3. The topological polar surface area (TPSA) is 108 Å². The Morgan fingerprint density at radius 1 is 0.778 bits per heavy atom. The first-order valence-electron chi connectivity index (χ1n) is 14.3. The summed E-state index contributed by atoms with van der Waals surface area (Å²) in [6.45, 7) is 13.9. The van der Waals surface area contributed by atoms with E-state index in [0.717, 1.165) is 16.7 Å². The minimum absolute atomic E-state index is 0.214. The number of carbonyl (C=O) groups is 2. The van der Waals surface area contributed by atoms with E-state index in [2.05, 4.69) is 22.6 Å². The van der Waals surface area contributed by atoms with E-state index in [1.807, 2.05) is 45.0 Å². The fraction of sp³-hybridized carbons (Fsp3) is 0.371. The number of methoxy groups -OCH3 is 2. The van der Waals surface area contributed by atoms with E-state index < -0.39 is 36.4 Å². The fourth-order valence-electron chi connectivity index (χ4n) is 3.91. The lowest BCUT2D eigenvalue weighted by atomic mass is 10.1. The van der Waals surface area contributed by atoms with Crippen LogP contribution in [0.2, 0.25) is 0 Å². The molecule has 2 aliphatic rings. The van der Waals surface area contributed by atoms with Gasteiger partial charge in [-0.3, -0.25) is 0 Å². The molecule has 0 aliphatic carbocycles. The van der Waals surface area contributed by atoms with E-state index in [4.69, 9.17) is 28.4 Å². The van der Waals surface area contributed by atoms with Crippen LogP contribution in [-0.2, 0) is 37.9 Å². The largest absolute Gasteiger partial charge is 0.475 e. The third-order valence-electron chi connectivity index (χ3n) is 6.19. The molecule has 4 atom stereocenters. The monoisotopic (exact) mass is 624 g/mol. The maximum Gasteiger partial charge on any atom is 0.338 e. The van der Waals surface area contributed by atoms with Gasteiger partial charge < -0.3 is 37.9 Å². The van der Waals surface area contributed by atoms with Gasteiger partial charge in [0.05, 0.1) is 36.9 Å². The van der Waals surface area contributed by atoms with Crippen molar-refractivity contribution in [3.8, 4) is 0 Å². The van der Waals surface area contributed by atoms with Crippen molar-refractivity contribution in [2.75, 3.05) is 41.0 Å². The highest BCUT2D eigenvalue weighted by Crippen LogP contribution is 2.31. The molecule has 2 saturated heterocycles. The van der Waals surface area contributed by atoms with Crippen LogP contribution in [0.15, 0.2) is 98.0 Å². The van der Waals surface area contributed by atoms with Crippen LogP contribution in [-0.4, -0.2) is 77.4 Å². The number of aryl methyl sites for hydroxylation is 2. The summed E-state index contributed by atoms with van der Waals surface area (Å²) < 4.78 is 41.4. The number of ether oxygens (including phenoxy) is 8. The molecular weight excluding hydrogens is 580 g/mol. The van der Waals surface area contributed by atoms with Crippen LogP contribution in [0.25, 0.3) is 0 Å². The number of fused-ring (bicyclic) bond motifs is 1. The van der Waals surface area contributed by atoms with Gasteiger partial charge in [0.1, 0.15) is 12.2 Å². The van der Waals surface area contributed by atoms with Gasteiger partial charge in [0.25, 0.3) is 0 Å². The molecule has 10 heteroatoms. The van der Waals surface area contributed by atoms with Crippen LogP contribution in [0.1, 0.15) is 38.8 Å². The SMILES string of the molecule is C=C(C)C=COCOC.C=CC=COCOC.Cc1ccc(C(=O)O[C@H]2COC3C2OC[C@@H]3OC(=O)c2ccc(C)cc2)cc1. The first-order chi connectivity index (χ1) is 21.7. The van der Waals surface area contributed by atoms with Crippen molar-refractivity contribution in [1.82, 2.24) is 0 Å². The van der Waals surface area contributed by atoms with Crippen molar-refractivity contribution < 1.29 is 47.5 Å². The molecule has 2 heterocycles. The quantitative estimate of drug-likeness (QED) is 0.0938. The molecule has 0 bridgehead atoms. The highest BCUT2D eigenvalue weighted by Gasteiger charge is 2.51. The number of carbonyl (C=O) groups excluding carboxylic acids is 2. The Balaban J connectivity index is 0.000000343. The van der Waals surface area contributed by atoms with Crippen LogP contribution in [0.3, 0.4) is 0 Å². The summed E-state index contributed by atoms with van der Waals surface area (Å²) in [5.74, 6) is -0.837. The minimum Gasteiger partial charge on any atom is -0.475 e. The molecule has 0 N–H and O–H groups in total. The Bertz CT molecular complexity index is 1180. The van der Waals surface area contributed by atoms with Crippen molar-refractivity contribution in [3.63, 3.8) is 0 Å². The average molecular weight is 625 g/mol. The van der Waals surface area contributed by atoms with Crippen LogP contribution in [0.5, 0.6) is 0 Å². The lowest BCUT2D eigenvalue weighted by molar-refractivity contribution is -0.0287. The predicted molar refractivity (Wildman–Crippen MR) is 169 cm³/mol. The van der Waals surface area contributed by atoms with Gasteiger partial charge in [0.2, 0.25) is 0 Å². The Labute approximate surface area is 265 Å². The minimum atomic E-state index is -0.526. The summed E-state index contributed by atoms with van der Waals surface area (Å²) >= 11 is 0. The second kappa shape index (κ2) is 20.7. The van der Waals surface area contributed by atoms with Gasteiger partial charge >= 0.3 is 11.9 Å². The third kappa shape index (κ3) is 13.5. The number of rotatable bonds is 12. The standard InChI is InChI=1S/C22H22O6.C7H12O2.C6H10O2/c1-13-3-7-15(8-4-13)21(23)27-17-11-25-20-18(12-26-19(17)20)28-22(24)16-9-5-14(2)6-10-16;1-7(2)4-5-9-6-8-3;1-3-4-5-8-6-7-2/h3-10,17-20H,11-12H2,1-2H3;4-5H,1,6H2,2-3H3;3-5H,1,6H2,2H3/t17-,18-,19?,20?;;/m0../s1. The molecular formula is C35H44O10. The Morgan fingerprint density at radius 3 is 1.58 bits per heavy atom. The molecule has 0 aromatic heterocycles. The molecule has 2 aliphatic heterocycles. The van der Waals surface area contributed by atoms with E-state index in [1.165, 1.54) is 6.26 Å². The molecule has 0 saturated carbocycles. The molecule has 2 unspecified atom stereocenters. The lowest BCUT2D eigenvalue weighted by Crippen LogP contribution is -2.36. The highest BCUT2D eigenvalue weighted by molar-refractivity contribution is 5.90. The molecule has 4 rings (SSSR count). The molecule has 2 aromatic rings. The molecule has 0 spiro atoms. The van der Waals surface area contributed by atoms with Gasteiger partial charge in [-0.1, -0.05) is 60.2 Å². The predicted octanol–water partition coefficient (Wildman–Crippen LogP) is 5.86. The molecule has 244 valence electrons. The Hall–Kier alpha value is -4.22. The van der Waals surface area contributed by atoms with Crippen molar-refractivity contribution in [1.29, 1.82) is 0 Å². The van der Waals surface area contributed by atoms with Crippen LogP contribution >= 0.6 is 0 Å². The second-order valence-corrected chi connectivity index (χ2v) is 10.1. The van der Waals surface area contributed by atoms with Crippen molar-refractivity contribution in [2.45, 2.75) is 45.2 Å². The maximum atomic E-state index is 12.4. The zero-order chi connectivity index (χ0) is 33.0. The smallest absolute Gasteiger partial charge is 0.338 e. The van der Waals surface area contributed by atoms with Gasteiger partial charge in [-0.05, 0) is 57.2 Å². The summed E-state index contributed by atoms with van der Waals surface area (Å²) in [5, 5.41) is 0. The number of allylic oxidation sites excluding steroid dienone is 4. The summed E-state index contributed by atoms with van der Waals surface area (Å²) in [4.78, 5) is 24.7. The van der Waals surface area contributed by atoms with Crippen molar-refractivity contribution >= 4 is 11.9 Å². The van der Waals surface area contributed by atoms with Crippen LogP contribution in [0, 0.1) is 13.8 Å². The number of hydrogen-bond donors (Lipinski definition) is 0. The third-order valence-corrected chi connectivity index (χ3v) is 6.19. The Kier molecular flexibility index (Phi) is 17.0. The second-order valence-electron chi connectivity index (χ2n) is 10.1. The molecule has 10 nitrogen and oxygen atoms in total. The lowest BCUT2D eigenvalue weighted by Gasteiger charge is -2.17. The van der Waals surface area contributed by atoms with Crippen molar-refractivity contribution in [3.05, 3.63) is 120 Å². The van der Waals surface area contributed by atoms with Crippen LogP contribution < -0.4 is 0 Å². The molecule has 0 amide bonds. The fourth-order valence-corrected chi connectivity index (χ4v) is 3.91. The molecule has 2 fully saturated rings. The van der Waals surface area contributed by atoms with E-state index in [-0.39, 0.29) is 13.2 Å². The first kappa shape index (κ1) is 37.0. The van der Waals surface area contributed by atoms with Crippen LogP contribution in [0.4, 0.5) is 0 Å². The summed E-state index contributed by atoms with van der Waals surface area (Å²) in [6.07, 6.45) is 6.26. The van der Waals surface area contributed by atoms with Gasteiger partial charge in [-0.25, -0.2) is 9.59 Å². The van der Waals surface area contributed by atoms with E-state index >= 15 is 0 Å². The summed E-state index contributed by atoms with van der Waals surface area (Å²) in [7, 11) is 3.15. The van der Waals surface area contributed by atoms with Gasteiger partial charge in [-0.2, -0.15) is 0 Å². The number of esters is 2. The number of benzene rings is 2. The summed E-state index contributed by atoms with van der Waals surface area (Å²) in [5.41, 5.74) is 4.06. The zero-order valence-corrected chi connectivity index (χ0v) is 26.6. The summed E-state index contributed by atoms with van der Waals surface area (Å²) in [6, 6.07) is 14.3.